The second kappa shape index (κ2) is 8.07. The molecule has 7 heteroatoms. The van der Waals surface area contributed by atoms with Crippen molar-refractivity contribution in [1.82, 2.24) is 15.0 Å². The number of rotatable bonds is 4. The molecule has 0 spiro atoms. The molecule has 29 heavy (non-hydrogen) atoms. The van der Waals surface area contributed by atoms with Crippen LogP contribution in [0.25, 0.3) is 16.9 Å². The van der Waals surface area contributed by atoms with Crippen molar-refractivity contribution in [1.29, 1.82) is 0 Å². The number of benzene rings is 3. The number of aromatic nitrogens is 3. The van der Waals surface area contributed by atoms with Crippen LogP contribution in [0.5, 0.6) is 0 Å². The Hall–Kier alpha value is -3.15. The van der Waals surface area contributed by atoms with Crippen molar-refractivity contribution in [2.75, 3.05) is 5.32 Å². The van der Waals surface area contributed by atoms with Crippen molar-refractivity contribution in [3.8, 4) is 16.9 Å². The molecule has 3 aromatic carbocycles. The minimum Gasteiger partial charge on any atom is -0.322 e. The maximum atomic E-state index is 12.6. The first kappa shape index (κ1) is 19.2. The molecule has 1 heterocycles. The second-order valence-corrected chi connectivity index (χ2v) is 7.29. The lowest BCUT2D eigenvalue weighted by Crippen LogP contribution is -2.13. The molecule has 0 saturated heterocycles. The van der Waals surface area contributed by atoms with Crippen molar-refractivity contribution in [3.05, 3.63) is 94.1 Å². The van der Waals surface area contributed by atoms with Crippen molar-refractivity contribution < 1.29 is 4.79 Å². The quantitative estimate of drug-likeness (QED) is 0.451. The maximum absolute atomic E-state index is 12.6. The number of carbonyl (C=O) groups is 1. The van der Waals surface area contributed by atoms with E-state index in [1.54, 1.807) is 35.1 Å². The van der Waals surface area contributed by atoms with E-state index in [0.717, 1.165) is 22.5 Å². The fourth-order valence-corrected chi connectivity index (χ4v) is 3.24. The maximum Gasteiger partial charge on any atom is 0.255 e. The Morgan fingerprint density at radius 3 is 2.41 bits per heavy atom. The summed E-state index contributed by atoms with van der Waals surface area (Å²) in [6, 6.07) is 20.0. The molecule has 0 unspecified atom stereocenters. The first-order valence-electron chi connectivity index (χ1n) is 8.86. The number of hydrogen-bond donors (Lipinski definition) is 1. The van der Waals surface area contributed by atoms with Gasteiger partial charge in [0, 0.05) is 26.9 Å². The van der Waals surface area contributed by atoms with Gasteiger partial charge in [0.15, 0.2) is 0 Å². The van der Waals surface area contributed by atoms with Crippen LogP contribution in [-0.4, -0.2) is 20.9 Å². The van der Waals surface area contributed by atoms with E-state index < -0.39 is 0 Å². The average molecular weight is 423 g/mol. The zero-order valence-corrected chi connectivity index (χ0v) is 16.9. The van der Waals surface area contributed by atoms with Crippen LogP contribution in [0.4, 0.5) is 5.69 Å². The van der Waals surface area contributed by atoms with E-state index in [2.05, 4.69) is 15.6 Å². The van der Waals surface area contributed by atoms with Crippen LogP contribution < -0.4 is 5.32 Å². The molecule has 0 fully saturated rings. The number of halogens is 2. The Kier molecular flexibility index (Phi) is 5.34. The van der Waals surface area contributed by atoms with E-state index in [0.29, 0.717) is 21.3 Å². The van der Waals surface area contributed by atoms with Gasteiger partial charge in [-0.25, -0.2) is 4.68 Å². The van der Waals surface area contributed by atoms with Gasteiger partial charge in [0.25, 0.3) is 5.91 Å². The summed E-state index contributed by atoms with van der Waals surface area (Å²) in [6.45, 7) is 1.87. The fraction of sp³-hybridized carbons (Fsp3) is 0.0455. The third-order valence-electron chi connectivity index (χ3n) is 4.58. The molecular formula is C22H16Cl2N4O. The molecule has 4 aromatic rings. The van der Waals surface area contributed by atoms with E-state index in [1.807, 2.05) is 49.4 Å². The Bertz CT molecular complexity index is 1170. The minimum atomic E-state index is -0.210. The van der Waals surface area contributed by atoms with Crippen LogP contribution in [-0.2, 0) is 0 Å². The normalized spacial score (nSPS) is 10.7. The zero-order valence-electron chi connectivity index (χ0n) is 15.4. The molecule has 0 aliphatic carbocycles. The third kappa shape index (κ3) is 4.01. The van der Waals surface area contributed by atoms with Gasteiger partial charge in [0.05, 0.1) is 17.6 Å². The predicted molar refractivity (Wildman–Crippen MR) is 116 cm³/mol. The number of nitrogens with zero attached hydrogens (tertiary/aromatic N) is 3. The van der Waals surface area contributed by atoms with Gasteiger partial charge in [0.1, 0.15) is 0 Å². The standard InChI is InChI=1S/C22H16Cl2N4O/c1-14-19(24)3-2-4-20(14)26-22(29)16-7-11-18(12-8-16)28-21(13-25-27-28)15-5-9-17(23)10-6-15/h2-13H,1H3,(H,26,29). The van der Waals surface area contributed by atoms with Gasteiger partial charge in [-0.3, -0.25) is 4.79 Å². The lowest BCUT2D eigenvalue weighted by molar-refractivity contribution is 0.102. The molecule has 144 valence electrons. The molecule has 0 radical (unpaired) electrons. The van der Waals surface area contributed by atoms with Crippen LogP contribution in [0.3, 0.4) is 0 Å². The second-order valence-electron chi connectivity index (χ2n) is 6.45. The predicted octanol–water partition coefficient (Wildman–Crippen LogP) is 5.80. The first-order chi connectivity index (χ1) is 14.0. The van der Waals surface area contributed by atoms with Crippen molar-refractivity contribution in [2.45, 2.75) is 6.92 Å². The molecule has 1 N–H and O–H groups in total. The average Bonchev–Trinajstić information content (AvgIpc) is 3.22. The zero-order chi connectivity index (χ0) is 20.4. The van der Waals surface area contributed by atoms with Gasteiger partial charge >= 0.3 is 0 Å². The summed E-state index contributed by atoms with van der Waals surface area (Å²) in [5, 5.41) is 12.4. The Balaban J connectivity index is 1.57. The molecule has 0 bridgehead atoms. The number of hydrogen-bond acceptors (Lipinski definition) is 3. The van der Waals surface area contributed by atoms with Gasteiger partial charge < -0.3 is 5.32 Å². The highest BCUT2D eigenvalue weighted by atomic mass is 35.5. The van der Waals surface area contributed by atoms with Crippen LogP contribution >= 0.6 is 23.2 Å². The molecule has 0 aliphatic heterocycles. The topological polar surface area (TPSA) is 59.8 Å². The van der Waals surface area contributed by atoms with Gasteiger partial charge in [-0.05, 0) is 61.0 Å². The fourth-order valence-electron chi connectivity index (χ4n) is 2.93. The molecule has 5 nitrogen and oxygen atoms in total. The lowest BCUT2D eigenvalue weighted by atomic mass is 10.1. The molecule has 0 saturated carbocycles. The Labute approximate surface area is 177 Å². The van der Waals surface area contributed by atoms with Gasteiger partial charge in [0.2, 0.25) is 0 Å². The van der Waals surface area contributed by atoms with E-state index >= 15 is 0 Å². The third-order valence-corrected chi connectivity index (χ3v) is 5.24. The summed E-state index contributed by atoms with van der Waals surface area (Å²) >= 11 is 12.1. The monoisotopic (exact) mass is 422 g/mol. The van der Waals surface area contributed by atoms with E-state index in [4.69, 9.17) is 23.2 Å². The molecule has 1 amide bonds. The number of anilines is 1. The van der Waals surface area contributed by atoms with E-state index in [9.17, 15) is 4.79 Å². The van der Waals surface area contributed by atoms with Crippen molar-refractivity contribution >= 4 is 34.8 Å². The first-order valence-corrected chi connectivity index (χ1v) is 9.62. The lowest BCUT2D eigenvalue weighted by Gasteiger charge is -2.10. The van der Waals surface area contributed by atoms with Crippen LogP contribution in [0.1, 0.15) is 15.9 Å². The summed E-state index contributed by atoms with van der Waals surface area (Å²) < 4.78 is 1.71. The van der Waals surface area contributed by atoms with Crippen molar-refractivity contribution in [2.24, 2.45) is 0 Å². The highest BCUT2D eigenvalue weighted by Crippen LogP contribution is 2.25. The molecule has 0 aliphatic rings. The van der Waals surface area contributed by atoms with E-state index in [-0.39, 0.29) is 5.91 Å². The Morgan fingerprint density at radius 2 is 1.69 bits per heavy atom. The van der Waals surface area contributed by atoms with Crippen LogP contribution in [0.15, 0.2) is 72.9 Å². The van der Waals surface area contributed by atoms with Crippen molar-refractivity contribution in [3.63, 3.8) is 0 Å². The molecule has 1 aromatic heterocycles. The highest BCUT2D eigenvalue weighted by molar-refractivity contribution is 6.32. The highest BCUT2D eigenvalue weighted by Gasteiger charge is 2.12. The van der Waals surface area contributed by atoms with Gasteiger partial charge in [-0.1, -0.05) is 46.6 Å². The molecular weight excluding hydrogens is 407 g/mol. The summed E-state index contributed by atoms with van der Waals surface area (Å²) in [5.74, 6) is -0.210. The smallest absolute Gasteiger partial charge is 0.255 e. The van der Waals surface area contributed by atoms with Crippen LogP contribution in [0, 0.1) is 6.92 Å². The Morgan fingerprint density at radius 1 is 0.966 bits per heavy atom. The van der Waals surface area contributed by atoms with Gasteiger partial charge in [-0.2, -0.15) is 0 Å². The minimum absolute atomic E-state index is 0.210. The SMILES string of the molecule is Cc1c(Cl)cccc1NC(=O)c1ccc(-n2nncc2-c2ccc(Cl)cc2)cc1. The number of amides is 1. The summed E-state index contributed by atoms with van der Waals surface area (Å²) in [6.07, 6.45) is 1.69. The van der Waals surface area contributed by atoms with E-state index in [1.165, 1.54) is 0 Å². The number of nitrogens with one attached hydrogen (secondary N) is 1. The molecule has 0 atom stereocenters. The summed E-state index contributed by atoms with van der Waals surface area (Å²) in [5.41, 5.74) is 4.61. The largest absolute Gasteiger partial charge is 0.322 e. The number of carbonyl (C=O) groups excluding carboxylic acids is 1. The van der Waals surface area contributed by atoms with Gasteiger partial charge in [-0.15, -0.1) is 5.10 Å². The summed E-state index contributed by atoms with van der Waals surface area (Å²) in [7, 11) is 0. The van der Waals surface area contributed by atoms with Crippen LogP contribution in [0.2, 0.25) is 10.0 Å². The molecule has 4 rings (SSSR count). The summed E-state index contributed by atoms with van der Waals surface area (Å²) in [4.78, 5) is 12.6.